The molecule has 0 aliphatic carbocycles. The minimum atomic E-state index is 0.254. The number of aryl methyl sites for hydroxylation is 1. The Morgan fingerprint density at radius 1 is 1.44 bits per heavy atom. The molecule has 0 amide bonds. The number of benzene rings is 1. The molecule has 0 saturated carbocycles. The van der Waals surface area contributed by atoms with Crippen molar-refractivity contribution in [2.75, 3.05) is 19.0 Å². The molecule has 0 radical (unpaired) electrons. The molecule has 0 aliphatic rings. The number of nitrogens with one attached hydrogen (secondary N) is 1. The summed E-state index contributed by atoms with van der Waals surface area (Å²) in [7, 11) is 1.71. The van der Waals surface area contributed by atoms with Crippen LogP contribution in [0.1, 0.15) is 18.5 Å². The van der Waals surface area contributed by atoms with Crippen LogP contribution in [-0.2, 0) is 4.74 Å². The van der Waals surface area contributed by atoms with Crippen LogP contribution in [0.25, 0.3) is 0 Å². The Morgan fingerprint density at radius 2 is 2.28 bits per heavy atom. The number of hydrogen-bond donors (Lipinski definition) is 1. The van der Waals surface area contributed by atoms with E-state index in [1.807, 2.05) is 18.3 Å². The van der Waals surface area contributed by atoms with Gasteiger partial charge in [0.25, 0.3) is 0 Å². The van der Waals surface area contributed by atoms with E-state index in [9.17, 15) is 0 Å². The second-order valence-electron chi connectivity index (χ2n) is 4.46. The summed E-state index contributed by atoms with van der Waals surface area (Å²) >= 11 is 0. The molecule has 1 heterocycles. The van der Waals surface area contributed by atoms with E-state index in [0.29, 0.717) is 6.61 Å². The summed E-state index contributed by atoms with van der Waals surface area (Å²) in [5, 5.41) is 3.33. The predicted octanol–water partition coefficient (Wildman–Crippen LogP) is 3.14. The van der Waals surface area contributed by atoms with Crippen molar-refractivity contribution in [2.45, 2.75) is 19.9 Å². The van der Waals surface area contributed by atoms with Crippen molar-refractivity contribution in [3.63, 3.8) is 0 Å². The Morgan fingerprint density at radius 3 is 3.00 bits per heavy atom. The lowest BCUT2D eigenvalue weighted by atomic mass is 10.2. The number of anilines is 2. The van der Waals surface area contributed by atoms with Crippen molar-refractivity contribution in [3.8, 4) is 0 Å². The second-order valence-corrected chi connectivity index (χ2v) is 4.46. The first kappa shape index (κ1) is 12.6. The molecule has 96 valence electrons. The van der Waals surface area contributed by atoms with Gasteiger partial charge in [-0.25, -0.2) is 4.98 Å². The van der Waals surface area contributed by atoms with Gasteiger partial charge in [0.1, 0.15) is 0 Å². The van der Waals surface area contributed by atoms with E-state index in [2.05, 4.69) is 40.8 Å². The molecular weight excluding hydrogens is 226 g/mol. The van der Waals surface area contributed by atoms with E-state index < -0.39 is 0 Å². The van der Waals surface area contributed by atoms with Crippen LogP contribution in [0.15, 0.2) is 36.7 Å². The van der Waals surface area contributed by atoms with Crippen molar-refractivity contribution in [3.05, 3.63) is 42.2 Å². The third kappa shape index (κ3) is 2.90. The molecule has 2 aromatic rings. The van der Waals surface area contributed by atoms with Gasteiger partial charge in [-0.05, 0) is 31.5 Å². The number of rotatable bonds is 5. The van der Waals surface area contributed by atoms with E-state index in [1.54, 1.807) is 13.3 Å². The quantitative estimate of drug-likeness (QED) is 0.879. The minimum Gasteiger partial charge on any atom is -0.383 e. The van der Waals surface area contributed by atoms with Gasteiger partial charge in [-0.15, -0.1) is 0 Å². The molecule has 2 rings (SSSR count). The Labute approximate surface area is 108 Å². The summed E-state index contributed by atoms with van der Waals surface area (Å²) in [6.45, 7) is 4.84. The molecule has 0 aliphatic heterocycles. The van der Waals surface area contributed by atoms with E-state index in [-0.39, 0.29) is 6.04 Å². The number of aromatic nitrogens is 2. The Bertz CT molecular complexity index is 507. The predicted molar refractivity (Wildman–Crippen MR) is 73.3 cm³/mol. The van der Waals surface area contributed by atoms with Gasteiger partial charge in [-0.3, -0.25) is 0 Å². The highest BCUT2D eigenvalue weighted by Crippen LogP contribution is 2.19. The van der Waals surface area contributed by atoms with Crippen LogP contribution in [-0.4, -0.2) is 23.3 Å². The fraction of sp³-hybridized carbons (Fsp3) is 0.357. The van der Waals surface area contributed by atoms with Gasteiger partial charge >= 0.3 is 0 Å². The van der Waals surface area contributed by atoms with Crippen LogP contribution in [0.3, 0.4) is 0 Å². The van der Waals surface area contributed by atoms with Gasteiger partial charge in [0, 0.05) is 25.2 Å². The van der Waals surface area contributed by atoms with E-state index in [0.717, 1.165) is 11.6 Å². The maximum Gasteiger partial charge on any atom is 0.207 e. The summed E-state index contributed by atoms with van der Waals surface area (Å²) in [5.41, 5.74) is 2.27. The Balaban J connectivity index is 2.17. The van der Waals surface area contributed by atoms with Crippen LogP contribution in [0, 0.1) is 6.92 Å². The van der Waals surface area contributed by atoms with Gasteiger partial charge < -0.3 is 14.6 Å². The zero-order valence-corrected chi connectivity index (χ0v) is 11.1. The summed E-state index contributed by atoms with van der Waals surface area (Å²) in [5.74, 6) is 0.838. The first-order valence-corrected chi connectivity index (χ1v) is 6.06. The first-order chi connectivity index (χ1) is 8.70. The molecule has 1 aromatic carbocycles. The van der Waals surface area contributed by atoms with Crippen molar-refractivity contribution in [1.82, 2.24) is 9.55 Å². The van der Waals surface area contributed by atoms with Gasteiger partial charge in [0.2, 0.25) is 5.95 Å². The molecule has 4 nitrogen and oxygen atoms in total. The number of nitrogens with zero attached hydrogens (tertiary/aromatic N) is 2. The highest BCUT2D eigenvalue weighted by Gasteiger charge is 2.09. The molecule has 18 heavy (non-hydrogen) atoms. The normalized spacial score (nSPS) is 12.4. The molecule has 1 atom stereocenters. The van der Waals surface area contributed by atoms with Crippen LogP contribution in [0.2, 0.25) is 0 Å². The maximum atomic E-state index is 5.18. The number of hydrogen-bond acceptors (Lipinski definition) is 3. The maximum absolute atomic E-state index is 5.18. The molecule has 0 fully saturated rings. The van der Waals surface area contributed by atoms with Crippen molar-refractivity contribution in [1.29, 1.82) is 0 Å². The van der Waals surface area contributed by atoms with E-state index in [1.165, 1.54) is 5.56 Å². The van der Waals surface area contributed by atoms with Crippen LogP contribution < -0.4 is 5.32 Å². The largest absolute Gasteiger partial charge is 0.383 e. The second kappa shape index (κ2) is 5.69. The Kier molecular flexibility index (Phi) is 3.99. The lowest BCUT2D eigenvalue weighted by Gasteiger charge is -2.16. The SMILES string of the molecule is COCC(C)n1ccnc1Nc1cccc(C)c1. The van der Waals surface area contributed by atoms with Gasteiger partial charge in [-0.2, -0.15) is 0 Å². The molecule has 1 unspecified atom stereocenters. The summed E-state index contributed by atoms with van der Waals surface area (Å²) in [4.78, 5) is 4.34. The van der Waals surface area contributed by atoms with Crippen LogP contribution in [0.5, 0.6) is 0 Å². The van der Waals surface area contributed by atoms with Crippen molar-refractivity contribution < 1.29 is 4.74 Å². The topological polar surface area (TPSA) is 39.1 Å². The fourth-order valence-electron chi connectivity index (χ4n) is 1.94. The number of ether oxygens (including phenoxy) is 1. The highest BCUT2D eigenvalue weighted by atomic mass is 16.5. The third-order valence-electron chi connectivity index (χ3n) is 2.83. The summed E-state index contributed by atoms with van der Waals surface area (Å²) < 4.78 is 7.25. The number of methoxy groups -OCH3 is 1. The average Bonchev–Trinajstić information content (AvgIpc) is 2.77. The zero-order valence-electron chi connectivity index (χ0n) is 11.1. The molecule has 1 aromatic heterocycles. The molecule has 4 heteroatoms. The van der Waals surface area contributed by atoms with Crippen LogP contribution >= 0.6 is 0 Å². The van der Waals surface area contributed by atoms with Gasteiger partial charge in [-0.1, -0.05) is 12.1 Å². The summed E-state index contributed by atoms with van der Waals surface area (Å²) in [6.07, 6.45) is 3.76. The zero-order chi connectivity index (χ0) is 13.0. The Hall–Kier alpha value is -1.81. The molecule has 1 N–H and O–H groups in total. The van der Waals surface area contributed by atoms with E-state index in [4.69, 9.17) is 4.74 Å². The van der Waals surface area contributed by atoms with Crippen molar-refractivity contribution >= 4 is 11.6 Å². The highest BCUT2D eigenvalue weighted by molar-refractivity contribution is 5.54. The smallest absolute Gasteiger partial charge is 0.207 e. The minimum absolute atomic E-state index is 0.254. The lowest BCUT2D eigenvalue weighted by Crippen LogP contribution is -2.12. The monoisotopic (exact) mass is 245 g/mol. The van der Waals surface area contributed by atoms with E-state index >= 15 is 0 Å². The fourth-order valence-corrected chi connectivity index (χ4v) is 1.94. The van der Waals surface area contributed by atoms with Crippen molar-refractivity contribution in [2.24, 2.45) is 0 Å². The third-order valence-corrected chi connectivity index (χ3v) is 2.83. The molecule has 0 bridgehead atoms. The first-order valence-electron chi connectivity index (χ1n) is 6.06. The number of imidazole rings is 1. The van der Waals surface area contributed by atoms with Crippen LogP contribution in [0.4, 0.5) is 11.6 Å². The molecule has 0 spiro atoms. The van der Waals surface area contributed by atoms with Gasteiger partial charge in [0.15, 0.2) is 0 Å². The molecule has 0 saturated heterocycles. The average molecular weight is 245 g/mol. The summed E-state index contributed by atoms with van der Waals surface area (Å²) in [6, 6.07) is 8.49. The standard InChI is InChI=1S/C14H19N3O/c1-11-5-4-6-13(9-11)16-14-15-7-8-17(14)12(2)10-18-3/h4-9,12H,10H2,1-3H3,(H,15,16). The lowest BCUT2D eigenvalue weighted by molar-refractivity contribution is 0.163. The van der Waals surface area contributed by atoms with Gasteiger partial charge in [0.05, 0.1) is 12.6 Å². The molecular formula is C14H19N3O.